The van der Waals surface area contributed by atoms with Crippen LogP contribution in [-0.2, 0) is 21.3 Å². The van der Waals surface area contributed by atoms with Crippen LogP contribution in [0.5, 0.6) is 0 Å². The molecule has 226 valence electrons. The van der Waals surface area contributed by atoms with Crippen molar-refractivity contribution in [3.63, 3.8) is 0 Å². The van der Waals surface area contributed by atoms with Gasteiger partial charge in [0.25, 0.3) is 0 Å². The average Bonchev–Trinajstić information content (AvgIpc) is 3.63. The first-order valence-electron chi connectivity index (χ1n) is 15.6. The van der Waals surface area contributed by atoms with Gasteiger partial charge in [-0.25, -0.2) is 0 Å². The summed E-state index contributed by atoms with van der Waals surface area (Å²) in [5.41, 5.74) is 11.6. The summed E-state index contributed by atoms with van der Waals surface area (Å²) in [5.74, 6) is 0.498. The molecule has 2 aliphatic carbocycles. The van der Waals surface area contributed by atoms with E-state index >= 15 is 0 Å². The van der Waals surface area contributed by atoms with Crippen molar-refractivity contribution < 1.29 is 46.1 Å². The Bertz CT molecular complexity index is 1610. The molecule has 0 fully saturated rings. The number of benzene rings is 4. The molecule has 1 atom stereocenters. The van der Waals surface area contributed by atoms with Gasteiger partial charge in [-0.05, 0) is 0 Å². The van der Waals surface area contributed by atoms with Gasteiger partial charge in [-0.2, -0.15) is 0 Å². The van der Waals surface area contributed by atoms with Crippen LogP contribution in [0.25, 0.3) is 11.1 Å². The monoisotopic (exact) mass is 697 g/mol. The number of hydrogen-bond donors (Lipinski definition) is 0. The van der Waals surface area contributed by atoms with E-state index < -0.39 is 21.3 Å². The van der Waals surface area contributed by atoms with E-state index in [1.807, 2.05) is 0 Å². The topological polar surface area (TPSA) is 3.24 Å². The first-order chi connectivity index (χ1) is 20.3. The second-order valence-electron chi connectivity index (χ2n) is 12.7. The molecule has 0 spiro atoms. The first kappa shape index (κ1) is 34.4. The van der Waals surface area contributed by atoms with Crippen molar-refractivity contribution in [2.24, 2.45) is 0 Å². The normalized spacial score (nSPS) is 14.6. The predicted octanol–water partition coefficient (Wildman–Crippen LogP) is 4.31. The number of nitrogens with zero attached hydrogens (tertiary/aromatic N) is 1. The predicted molar refractivity (Wildman–Crippen MR) is 179 cm³/mol. The maximum atomic E-state index is 2.58. The van der Waals surface area contributed by atoms with E-state index in [1.165, 1.54) is 33.5 Å². The van der Waals surface area contributed by atoms with Crippen LogP contribution in [0.2, 0.25) is 3.63 Å². The van der Waals surface area contributed by atoms with Gasteiger partial charge in [0, 0.05) is 0 Å². The van der Waals surface area contributed by atoms with Gasteiger partial charge in [0.1, 0.15) is 0 Å². The largest absolute Gasteiger partial charge is 1.00 e. The Labute approximate surface area is 285 Å². The molecule has 0 aromatic heterocycles. The first-order valence-corrected chi connectivity index (χ1v) is 19.7. The summed E-state index contributed by atoms with van der Waals surface area (Å²) >= 11 is -2.66. The van der Waals surface area contributed by atoms with Gasteiger partial charge in [0.2, 0.25) is 0 Å². The van der Waals surface area contributed by atoms with E-state index in [4.69, 9.17) is 0 Å². The molecule has 6 rings (SSSR count). The Morgan fingerprint density at radius 3 is 1.61 bits per heavy atom. The third-order valence-corrected chi connectivity index (χ3v) is 17.5. The molecule has 0 aliphatic heterocycles. The summed E-state index contributed by atoms with van der Waals surface area (Å²) in [5, 5.41) is 0. The maximum Gasteiger partial charge on any atom is -1.00 e. The fraction of sp³-hybridized carbons (Fsp3) is 0.275. The zero-order chi connectivity index (χ0) is 29.4. The van der Waals surface area contributed by atoms with Crippen molar-refractivity contribution in [1.82, 2.24) is 0 Å². The molecule has 2 aliphatic rings. The summed E-state index contributed by atoms with van der Waals surface area (Å²) in [7, 11) is 0. The second kappa shape index (κ2) is 14.7. The van der Waals surface area contributed by atoms with E-state index in [0.717, 1.165) is 0 Å². The number of hydrogen-bond acceptors (Lipinski definition) is 1. The molecular formula is C40H43Cl2NZr. The molecule has 0 heterocycles. The van der Waals surface area contributed by atoms with Crippen LogP contribution < -0.4 is 29.7 Å². The van der Waals surface area contributed by atoms with Crippen molar-refractivity contribution in [2.75, 3.05) is 4.90 Å². The Balaban J connectivity index is 0.00000221. The zero-order valence-electron chi connectivity index (χ0n) is 26.6. The van der Waals surface area contributed by atoms with Crippen LogP contribution in [0.15, 0.2) is 121 Å². The van der Waals surface area contributed by atoms with E-state index in [-0.39, 0.29) is 24.8 Å². The molecule has 0 saturated carbocycles. The van der Waals surface area contributed by atoms with Crippen LogP contribution >= 0.6 is 0 Å². The molecule has 0 bridgehead atoms. The minimum Gasteiger partial charge on any atom is -1.00 e. The maximum absolute atomic E-state index is 2.66. The third-order valence-electron chi connectivity index (χ3n) is 8.93. The number of rotatable bonds is 8. The van der Waals surface area contributed by atoms with Crippen LogP contribution in [-0.4, -0.2) is 15.3 Å². The standard InChI is InChI=1S/C22H28N.C13H10.C5H5.2ClH.Zr/c1-14(2)17-7-9-21-18(11-17)12-19-13-20(8-10-22(19)21)23(15(3)4)16(5)6;1-3-7-12(8-4-1)11-13-9-5-2-6-10-13;1-2-4-5-3-1;;;/h7-16H,1-6H3;1-10H;1-5H;2*1H;/q;;;;;+2/p-2. The number of halogens is 2. The van der Waals surface area contributed by atoms with Gasteiger partial charge in [-0.15, -0.1) is 0 Å². The minimum atomic E-state index is -2.66. The summed E-state index contributed by atoms with van der Waals surface area (Å²) in [6.07, 6.45) is 9.58. The Kier molecular flexibility index (Phi) is 11.5. The van der Waals surface area contributed by atoms with Gasteiger partial charge >= 0.3 is 262 Å². The molecule has 1 unspecified atom stereocenters. The van der Waals surface area contributed by atoms with Gasteiger partial charge in [-0.3, -0.25) is 0 Å². The Hall–Kier alpha value is -2.51. The van der Waals surface area contributed by atoms with Crippen molar-refractivity contribution in [3.8, 4) is 11.1 Å². The van der Waals surface area contributed by atoms with E-state index in [0.29, 0.717) is 25.3 Å². The van der Waals surface area contributed by atoms with Crippen molar-refractivity contribution in [1.29, 1.82) is 0 Å². The molecule has 44 heavy (non-hydrogen) atoms. The van der Waals surface area contributed by atoms with Crippen molar-refractivity contribution >= 4 is 8.89 Å². The smallest absolute Gasteiger partial charge is 1.00 e. The molecule has 0 saturated heterocycles. The Morgan fingerprint density at radius 2 is 1.11 bits per heavy atom. The minimum absolute atomic E-state index is 0. The number of fused-ring (bicyclic) bond motifs is 3. The van der Waals surface area contributed by atoms with Crippen LogP contribution in [0.4, 0.5) is 5.69 Å². The molecule has 0 amide bonds. The molecule has 0 N–H and O–H groups in total. The van der Waals surface area contributed by atoms with E-state index in [1.54, 1.807) is 14.3 Å². The third kappa shape index (κ3) is 6.55. The van der Waals surface area contributed by atoms with Crippen LogP contribution in [0, 0.1) is 0 Å². The van der Waals surface area contributed by atoms with Crippen LogP contribution in [0.1, 0.15) is 78.9 Å². The van der Waals surface area contributed by atoms with Gasteiger partial charge in [0.05, 0.1) is 0 Å². The molecular weight excluding hydrogens is 657 g/mol. The van der Waals surface area contributed by atoms with Crippen molar-refractivity contribution in [2.45, 2.75) is 66.8 Å². The summed E-state index contributed by atoms with van der Waals surface area (Å²) in [6.45, 7) is 13.9. The molecule has 4 aromatic rings. The SMILES string of the molecule is CC(C)c1ccc2c(c1)[CH]([Zr+2](=[C](c1ccccc1)c1ccccc1)[CH]1C=CC=C1)c1cc(N(C(C)C)C(C)C)ccc1-2.[Cl-].[Cl-]. The summed E-state index contributed by atoms with van der Waals surface area (Å²) < 4.78 is 2.53. The second-order valence-corrected chi connectivity index (χ2v) is 19.2. The van der Waals surface area contributed by atoms with Gasteiger partial charge in [0.15, 0.2) is 0 Å². The fourth-order valence-electron chi connectivity index (χ4n) is 7.17. The molecule has 0 radical (unpaired) electrons. The Morgan fingerprint density at radius 1 is 0.614 bits per heavy atom. The van der Waals surface area contributed by atoms with E-state index in [9.17, 15) is 0 Å². The van der Waals surface area contributed by atoms with E-state index in [2.05, 4.69) is 168 Å². The summed E-state index contributed by atoms with van der Waals surface area (Å²) in [4.78, 5) is 2.58. The average molecular weight is 700 g/mol. The quantitative estimate of drug-likeness (QED) is 0.265. The molecule has 4 heteroatoms. The molecule has 1 nitrogen and oxygen atoms in total. The zero-order valence-corrected chi connectivity index (χ0v) is 30.6. The van der Waals surface area contributed by atoms with Gasteiger partial charge < -0.3 is 24.8 Å². The van der Waals surface area contributed by atoms with Gasteiger partial charge in [-0.1, -0.05) is 0 Å². The number of allylic oxidation sites excluding steroid dienone is 4. The number of anilines is 1. The molecule has 4 aromatic carbocycles. The van der Waals surface area contributed by atoms with Crippen LogP contribution in [0.3, 0.4) is 0 Å². The van der Waals surface area contributed by atoms with Crippen molar-refractivity contribution in [3.05, 3.63) is 149 Å². The fourth-order valence-corrected chi connectivity index (χ4v) is 16.5. The summed E-state index contributed by atoms with van der Waals surface area (Å²) in [6, 6.07) is 38.2.